The molecule has 1 N–H and O–H groups in total. The molecule has 0 fully saturated rings. The molecule has 0 heterocycles. The summed E-state index contributed by atoms with van der Waals surface area (Å²) in [6.45, 7) is 10.5. The van der Waals surface area contributed by atoms with Gasteiger partial charge in [-0.1, -0.05) is 20.8 Å². The van der Waals surface area contributed by atoms with E-state index in [1.165, 1.54) is 0 Å². The second-order valence-corrected chi connectivity index (χ2v) is 2.27. The lowest BCUT2D eigenvalue weighted by Gasteiger charge is -2.14. The van der Waals surface area contributed by atoms with Gasteiger partial charge in [0.25, 0.3) is 0 Å². The summed E-state index contributed by atoms with van der Waals surface area (Å²) < 4.78 is 0. The fourth-order valence-corrected chi connectivity index (χ4v) is 0.481. The molecular weight excluding hydrogens is 124 g/mol. The fourth-order valence-electron chi connectivity index (χ4n) is 0.481. The van der Waals surface area contributed by atoms with E-state index in [4.69, 9.17) is 5.26 Å². The maximum atomic E-state index is 8.41. The van der Waals surface area contributed by atoms with Crippen LogP contribution in [0, 0.1) is 11.3 Å². The molecule has 0 atom stereocenters. The number of rotatable bonds is 2. The summed E-state index contributed by atoms with van der Waals surface area (Å²) in [6, 6.07) is 2.13. The number of nitrogens with zero attached hydrogens (tertiary/aromatic N) is 1. The second-order valence-electron chi connectivity index (χ2n) is 2.27. The molecule has 0 aliphatic rings. The first-order valence-electron chi connectivity index (χ1n) is 3.78. The van der Waals surface area contributed by atoms with Crippen LogP contribution in [0.15, 0.2) is 0 Å². The van der Waals surface area contributed by atoms with Crippen molar-refractivity contribution in [1.29, 1.82) is 5.26 Å². The van der Waals surface area contributed by atoms with E-state index in [0.717, 1.165) is 6.54 Å². The van der Waals surface area contributed by atoms with Gasteiger partial charge in [0, 0.05) is 0 Å². The number of nitrogens with one attached hydrogen (secondary N) is 1. The predicted molar refractivity (Wildman–Crippen MR) is 44.7 cm³/mol. The van der Waals surface area contributed by atoms with Crippen LogP contribution in [0.3, 0.4) is 0 Å². The van der Waals surface area contributed by atoms with Gasteiger partial charge in [-0.2, -0.15) is 5.26 Å². The maximum Gasteiger partial charge on any atom is 0.101 e. The van der Waals surface area contributed by atoms with E-state index in [2.05, 4.69) is 11.4 Å². The molecule has 0 saturated heterocycles. The Morgan fingerprint density at radius 3 is 1.90 bits per heavy atom. The molecule has 2 nitrogen and oxygen atoms in total. The minimum absolute atomic E-state index is 0.352. The van der Waals surface area contributed by atoms with Crippen LogP contribution < -0.4 is 5.32 Å². The first-order valence-corrected chi connectivity index (χ1v) is 3.78. The Morgan fingerprint density at radius 2 is 1.80 bits per heavy atom. The highest BCUT2D eigenvalue weighted by atomic mass is 14.9. The minimum Gasteiger partial charge on any atom is -0.300 e. The van der Waals surface area contributed by atoms with E-state index < -0.39 is 0 Å². The topological polar surface area (TPSA) is 35.8 Å². The lowest BCUT2D eigenvalue weighted by atomic mass is 10.1. The Kier molecular flexibility index (Phi) is 7.99. The van der Waals surface area contributed by atoms with E-state index in [1.807, 2.05) is 34.6 Å². The van der Waals surface area contributed by atoms with Crippen molar-refractivity contribution >= 4 is 0 Å². The molecule has 0 aliphatic carbocycles. The third kappa shape index (κ3) is 7.45. The lowest BCUT2D eigenvalue weighted by Crippen LogP contribution is -2.37. The summed E-state index contributed by atoms with van der Waals surface area (Å²) in [4.78, 5) is 0. The van der Waals surface area contributed by atoms with Crippen molar-refractivity contribution in [1.82, 2.24) is 5.32 Å². The van der Waals surface area contributed by atoms with Gasteiger partial charge in [0.2, 0.25) is 0 Å². The minimum atomic E-state index is -0.352. The van der Waals surface area contributed by atoms with E-state index >= 15 is 0 Å². The number of nitriles is 1. The van der Waals surface area contributed by atoms with Crippen molar-refractivity contribution < 1.29 is 0 Å². The molecule has 10 heavy (non-hydrogen) atoms. The van der Waals surface area contributed by atoms with Crippen LogP contribution in [0.2, 0.25) is 0 Å². The summed E-state index contributed by atoms with van der Waals surface area (Å²) in [5.41, 5.74) is -0.352. The van der Waals surface area contributed by atoms with Crippen LogP contribution in [0.1, 0.15) is 34.6 Å². The molecule has 60 valence electrons. The predicted octanol–water partition coefficient (Wildman–Crippen LogP) is 1.92. The third-order valence-electron chi connectivity index (χ3n) is 0.898. The van der Waals surface area contributed by atoms with Gasteiger partial charge in [0.15, 0.2) is 0 Å². The average Bonchev–Trinajstić information content (AvgIpc) is 1.93. The van der Waals surface area contributed by atoms with Crippen molar-refractivity contribution in [2.75, 3.05) is 6.54 Å². The molecule has 0 spiro atoms. The van der Waals surface area contributed by atoms with E-state index in [-0.39, 0.29) is 5.54 Å². The van der Waals surface area contributed by atoms with Crippen molar-refractivity contribution in [3.05, 3.63) is 0 Å². The highest BCUT2D eigenvalue weighted by molar-refractivity contribution is 4.99. The van der Waals surface area contributed by atoms with Crippen LogP contribution in [0.5, 0.6) is 0 Å². The van der Waals surface area contributed by atoms with Crippen molar-refractivity contribution in [2.45, 2.75) is 40.2 Å². The Balaban J connectivity index is 0. The SMILES string of the molecule is CC.CCNC(C)(C)C#N. The maximum absolute atomic E-state index is 8.41. The van der Waals surface area contributed by atoms with Gasteiger partial charge in [0.1, 0.15) is 5.54 Å². The Hall–Kier alpha value is -0.550. The van der Waals surface area contributed by atoms with Crippen LogP contribution in [0.25, 0.3) is 0 Å². The normalized spacial score (nSPS) is 9.20. The zero-order valence-corrected chi connectivity index (χ0v) is 7.65. The molecule has 0 unspecified atom stereocenters. The molecule has 0 aliphatic heterocycles. The van der Waals surface area contributed by atoms with Crippen LogP contribution >= 0.6 is 0 Å². The standard InChI is InChI=1S/C6H12N2.C2H6/c1-4-8-6(2,3)5-7;1-2/h8H,4H2,1-3H3;1-2H3. The lowest BCUT2D eigenvalue weighted by molar-refractivity contribution is 0.503. The molecule has 0 radical (unpaired) electrons. The van der Waals surface area contributed by atoms with Gasteiger partial charge in [0.05, 0.1) is 6.07 Å². The molecular formula is C8H18N2. The van der Waals surface area contributed by atoms with Crippen molar-refractivity contribution in [3.8, 4) is 6.07 Å². The highest BCUT2D eigenvalue weighted by Gasteiger charge is 2.12. The van der Waals surface area contributed by atoms with Crippen LogP contribution in [-0.4, -0.2) is 12.1 Å². The molecule has 0 saturated carbocycles. The Labute approximate surface area is 64.2 Å². The molecule has 0 aromatic carbocycles. The molecule has 0 amide bonds. The molecule has 0 aromatic rings. The Morgan fingerprint density at radius 1 is 1.40 bits per heavy atom. The summed E-state index contributed by atoms with van der Waals surface area (Å²) in [5, 5.41) is 11.4. The molecule has 2 heteroatoms. The molecule has 0 bridgehead atoms. The van der Waals surface area contributed by atoms with E-state index in [1.54, 1.807) is 0 Å². The van der Waals surface area contributed by atoms with Crippen LogP contribution in [0.4, 0.5) is 0 Å². The van der Waals surface area contributed by atoms with Gasteiger partial charge >= 0.3 is 0 Å². The summed E-state index contributed by atoms with van der Waals surface area (Å²) in [7, 11) is 0. The first-order chi connectivity index (χ1) is 4.62. The molecule has 0 rings (SSSR count). The van der Waals surface area contributed by atoms with Gasteiger partial charge in [-0.15, -0.1) is 0 Å². The summed E-state index contributed by atoms with van der Waals surface area (Å²) >= 11 is 0. The van der Waals surface area contributed by atoms with Gasteiger partial charge in [-0.05, 0) is 20.4 Å². The average molecular weight is 142 g/mol. The fraction of sp³-hybridized carbons (Fsp3) is 0.875. The third-order valence-corrected chi connectivity index (χ3v) is 0.898. The zero-order valence-electron chi connectivity index (χ0n) is 7.65. The zero-order chi connectivity index (χ0) is 8.62. The number of hydrogen-bond acceptors (Lipinski definition) is 2. The van der Waals surface area contributed by atoms with Gasteiger partial charge in [-0.3, -0.25) is 0 Å². The first kappa shape index (κ1) is 12.2. The van der Waals surface area contributed by atoms with E-state index in [9.17, 15) is 0 Å². The quantitative estimate of drug-likeness (QED) is 0.639. The van der Waals surface area contributed by atoms with E-state index in [0.29, 0.717) is 0 Å². The van der Waals surface area contributed by atoms with Crippen molar-refractivity contribution in [2.24, 2.45) is 0 Å². The second kappa shape index (κ2) is 6.57. The largest absolute Gasteiger partial charge is 0.300 e. The monoisotopic (exact) mass is 142 g/mol. The van der Waals surface area contributed by atoms with Crippen molar-refractivity contribution in [3.63, 3.8) is 0 Å². The van der Waals surface area contributed by atoms with Crippen LogP contribution in [-0.2, 0) is 0 Å². The molecule has 0 aromatic heterocycles. The van der Waals surface area contributed by atoms with Gasteiger partial charge in [-0.25, -0.2) is 0 Å². The highest BCUT2D eigenvalue weighted by Crippen LogP contribution is 1.96. The number of hydrogen-bond donors (Lipinski definition) is 1. The summed E-state index contributed by atoms with van der Waals surface area (Å²) in [5.74, 6) is 0. The Bertz CT molecular complexity index is 100. The van der Waals surface area contributed by atoms with Gasteiger partial charge < -0.3 is 5.32 Å². The summed E-state index contributed by atoms with van der Waals surface area (Å²) in [6.07, 6.45) is 0. The smallest absolute Gasteiger partial charge is 0.101 e.